The van der Waals surface area contributed by atoms with Crippen LogP contribution in [-0.4, -0.2) is 62.1 Å². The topological polar surface area (TPSA) is 32.8 Å². The lowest BCUT2D eigenvalue weighted by Gasteiger charge is -2.12. The second-order valence-electron chi connectivity index (χ2n) is 4.11. The molecule has 1 unspecified atom stereocenters. The summed E-state index contributed by atoms with van der Waals surface area (Å²) < 4.78 is 5.27. The van der Waals surface area contributed by atoms with E-state index in [-0.39, 0.29) is 5.91 Å². The van der Waals surface area contributed by atoms with Crippen LogP contribution in [0.4, 0.5) is 0 Å². The van der Waals surface area contributed by atoms with Crippen molar-refractivity contribution in [2.75, 3.05) is 40.3 Å². The van der Waals surface area contributed by atoms with Crippen LogP contribution in [0, 0.1) is 11.8 Å². The van der Waals surface area contributed by atoms with Crippen molar-refractivity contribution in [2.24, 2.45) is 0 Å². The highest BCUT2D eigenvalue weighted by atomic mass is 16.5. The number of hydrogen-bond donors (Lipinski definition) is 0. The summed E-state index contributed by atoms with van der Waals surface area (Å²) in [6.45, 7) is 4.84. The Morgan fingerprint density at radius 1 is 1.56 bits per heavy atom. The maximum atomic E-state index is 10.9. The molecule has 90 valence electrons. The molecule has 1 heterocycles. The van der Waals surface area contributed by atoms with Crippen LogP contribution in [0.3, 0.4) is 0 Å². The molecule has 4 nitrogen and oxygen atoms in total. The maximum Gasteiger partial charge on any atom is 0.219 e. The van der Waals surface area contributed by atoms with E-state index in [1.165, 1.54) is 0 Å². The van der Waals surface area contributed by atoms with Gasteiger partial charge in [0, 0.05) is 34.2 Å². The van der Waals surface area contributed by atoms with Crippen LogP contribution in [0.25, 0.3) is 0 Å². The molecule has 1 aliphatic rings. The van der Waals surface area contributed by atoms with Crippen molar-refractivity contribution >= 4 is 5.91 Å². The molecular weight excluding hydrogens is 204 g/mol. The van der Waals surface area contributed by atoms with E-state index in [1.54, 1.807) is 26.0 Å². The highest BCUT2D eigenvalue weighted by Gasteiger charge is 2.20. The molecule has 1 atom stereocenters. The van der Waals surface area contributed by atoms with E-state index in [9.17, 15) is 4.79 Å². The van der Waals surface area contributed by atoms with Crippen molar-refractivity contribution < 1.29 is 9.53 Å². The second-order valence-corrected chi connectivity index (χ2v) is 4.11. The van der Waals surface area contributed by atoms with Crippen LogP contribution >= 0.6 is 0 Å². The summed E-state index contributed by atoms with van der Waals surface area (Å²) in [7, 11) is 3.51. The number of rotatable bonds is 3. The lowest BCUT2D eigenvalue weighted by atomic mass is 10.3. The summed E-state index contributed by atoms with van der Waals surface area (Å²) >= 11 is 0. The Bertz CT molecular complexity index is 293. The lowest BCUT2D eigenvalue weighted by molar-refractivity contribution is -0.126. The maximum absolute atomic E-state index is 10.9. The largest absolute Gasteiger partial charge is 0.380 e. The molecule has 1 saturated heterocycles. The van der Waals surface area contributed by atoms with Crippen LogP contribution in [0.1, 0.15) is 13.3 Å². The molecule has 0 bridgehead atoms. The van der Waals surface area contributed by atoms with Gasteiger partial charge < -0.3 is 9.64 Å². The SMILES string of the molecule is COC1CCN(CC#CCN(C)C(C)=O)C1. The zero-order valence-electron chi connectivity index (χ0n) is 10.3. The van der Waals surface area contributed by atoms with Gasteiger partial charge in [0.25, 0.3) is 0 Å². The van der Waals surface area contributed by atoms with Crippen molar-refractivity contribution in [3.63, 3.8) is 0 Å². The number of hydrogen-bond acceptors (Lipinski definition) is 3. The van der Waals surface area contributed by atoms with Gasteiger partial charge in [-0.1, -0.05) is 11.8 Å². The first-order valence-corrected chi connectivity index (χ1v) is 5.56. The molecule has 0 N–H and O–H groups in total. The molecule has 0 aromatic carbocycles. The molecule has 0 saturated carbocycles. The van der Waals surface area contributed by atoms with Crippen molar-refractivity contribution in [3.8, 4) is 11.8 Å². The third kappa shape index (κ3) is 4.21. The predicted octanol–water partition coefficient (Wildman–Crippen LogP) is 0.189. The van der Waals surface area contributed by atoms with Crippen molar-refractivity contribution in [1.82, 2.24) is 9.80 Å². The Morgan fingerprint density at radius 2 is 2.31 bits per heavy atom. The zero-order valence-corrected chi connectivity index (χ0v) is 10.3. The van der Waals surface area contributed by atoms with Gasteiger partial charge in [0.05, 0.1) is 19.2 Å². The van der Waals surface area contributed by atoms with Crippen LogP contribution in [0.15, 0.2) is 0 Å². The first-order valence-electron chi connectivity index (χ1n) is 5.56. The zero-order chi connectivity index (χ0) is 12.0. The molecule has 0 aromatic rings. The highest BCUT2D eigenvalue weighted by molar-refractivity contribution is 5.73. The van der Waals surface area contributed by atoms with E-state index in [1.807, 2.05) is 0 Å². The van der Waals surface area contributed by atoms with E-state index in [0.717, 1.165) is 26.1 Å². The Balaban J connectivity index is 2.20. The molecule has 4 heteroatoms. The number of carbonyl (C=O) groups excluding carboxylic acids is 1. The summed E-state index contributed by atoms with van der Waals surface area (Å²) in [5, 5.41) is 0. The van der Waals surface area contributed by atoms with Crippen LogP contribution in [0.5, 0.6) is 0 Å². The molecule has 16 heavy (non-hydrogen) atoms. The number of amides is 1. The fraction of sp³-hybridized carbons (Fsp3) is 0.750. The molecule has 0 spiro atoms. The fourth-order valence-corrected chi connectivity index (χ4v) is 1.59. The standard InChI is InChI=1S/C12H20N2O2/c1-11(15)13(2)7-4-5-8-14-9-6-12(10-14)16-3/h12H,6-10H2,1-3H3. The molecule has 1 aliphatic heterocycles. The van der Waals surface area contributed by atoms with Gasteiger partial charge in [0.15, 0.2) is 0 Å². The van der Waals surface area contributed by atoms with Crippen molar-refractivity contribution in [1.29, 1.82) is 0 Å². The normalized spacial score (nSPS) is 20.3. The molecule has 0 aromatic heterocycles. The third-order valence-electron chi connectivity index (χ3n) is 2.84. The van der Waals surface area contributed by atoms with E-state index in [2.05, 4.69) is 16.7 Å². The minimum atomic E-state index is 0.0509. The number of ether oxygens (including phenoxy) is 1. The molecule has 0 radical (unpaired) electrons. The number of methoxy groups -OCH3 is 1. The monoisotopic (exact) mass is 224 g/mol. The molecular formula is C12H20N2O2. The molecule has 0 aliphatic carbocycles. The van der Waals surface area contributed by atoms with Crippen LogP contribution in [0.2, 0.25) is 0 Å². The number of likely N-dealkylation sites (tertiary alicyclic amines) is 1. The van der Waals surface area contributed by atoms with Gasteiger partial charge in [0.2, 0.25) is 5.91 Å². The average Bonchev–Trinajstić information content (AvgIpc) is 2.71. The Morgan fingerprint density at radius 3 is 2.88 bits per heavy atom. The van der Waals surface area contributed by atoms with Gasteiger partial charge in [-0.05, 0) is 6.42 Å². The summed E-state index contributed by atoms with van der Waals surface area (Å²) in [5.74, 6) is 6.13. The minimum Gasteiger partial charge on any atom is -0.380 e. The smallest absolute Gasteiger partial charge is 0.219 e. The van der Waals surface area contributed by atoms with E-state index >= 15 is 0 Å². The molecule has 1 rings (SSSR count). The number of carbonyl (C=O) groups is 1. The first kappa shape index (κ1) is 13.0. The predicted molar refractivity (Wildman–Crippen MR) is 62.9 cm³/mol. The van der Waals surface area contributed by atoms with E-state index in [4.69, 9.17) is 4.74 Å². The Hall–Kier alpha value is -1.05. The summed E-state index contributed by atoms with van der Waals surface area (Å²) in [5.41, 5.74) is 0. The van der Waals surface area contributed by atoms with Gasteiger partial charge in [-0.15, -0.1) is 0 Å². The van der Waals surface area contributed by atoms with E-state index in [0.29, 0.717) is 12.6 Å². The van der Waals surface area contributed by atoms with Crippen LogP contribution in [-0.2, 0) is 9.53 Å². The van der Waals surface area contributed by atoms with Crippen molar-refractivity contribution in [3.05, 3.63) is 0 Å². The quantitative estimate of drug-likeness (QED) is 0.642. The lowest BCUT2D eigenvalue weighted by Crippen LogP contribution is -2.25. The van der Waals surface area contributed by atoms with Gasteiger partial charge in [0.1, 0.15) is 0 Å². The summed E-state index contributed by atoms with van der Waals surface area (Å²) in [6, 6.07) is 0. The highest BCUT2D eigenvalue weighted by Crippen LogP contribution is 2.10. The fourth-order valence-electron chi connectivity index (χ4n) is 1.59. The van der Waals surface area contributed by atoms with Crippen LogP contribution < -0.4 is 0 Å². The summed E-state index contributed by atoms with van der Waals surface area (Å²) in [6.07, 6.45) is 1.45. The summed E-state index contributed by atoms with van der Waals surface area (Å²) in [4.78, 5) is 14.8. The van der Waals surface area contributed by atoms with E-state index < -0.39 is 0 Å². The van der Waals surface area contributed by atoms with Gasteiger partial charge in [-0.3, -0.25) is 9.69 Å². The Labute approximate surface area is 97.5 Å². The van der Waals surface area contributed by atoms with Gasteiger partial charge in [-0.25, -0.2) is 0 Å². The second kappa shape index (κ2) is 6.51. The van der Waals surface area contributed by atoms with Crippen molar-refractivity contribution in [2.45, 2.75) is 19.4 Å². The molecule has 1 amide bonds. The van der Waals surface area contributed by atoms with Gasteiger partial charge >= 0.3 is 0 Å². The number of nitrogens with zero attached hydrogens (tertiary/aromatic N) is 2. The Kier molecular flexibility index (Phi) is 5.30. The van der Waals surface area contributed by atoms with Gasteiger partial charge in [-0.2, -0.15) is 0 Å². The first-order chi connectivity index (χ1) is 7.63. The minimum absolute atomic E-state index is 0.0509. The molecule has 1 fully saturated rings. The third-order valence-corrected chi connectivity index (χ3v) is 2.84. The average molecular weight is 224 g/mol.